The summed E-state index contributed by atoms with van der Waals surface area (Å²) in [5, 5.41) is 19.0. The van der Waals surface area contributed by atoms with Crippen LogP contribution in [0.15, 0.2) is 132 Å². The lowest BCUT2D eigenvalue weighted by atomic mass is 10.1. The van der Waals surface area contributed by atoms with Gasteiger partial charge in [-0.25, -0.2) is 0 Å². The molecule has 11 nitrogen and oxygen atoms in total. The van der Waals surface area contributed by atoms with E-state index in [1.165, 1.54) is 50.3 Å². The van der Waals surface area contributed by atoms with Crippen molar-refractivity contribution in [2.45, 2.75) is 17.1 Å². The van der Waals surface area contributed by atoms with Crippen LogP contribution in [0.5, 0.6) is 11.5 Å². The van der Waals surface area contributed by atoms with E-state index in [0.717, 1.165) is 10.5 Å². The molecule has 0 aromatic heterocycles. The van der Waals surface area contributed by atoms with Gasteiger partial charge in [0.15, 0.2) is 0 Å². The highest BCUT2D eigenvalue weighted by atomic mass is 32.2. The topological polar surface area (TPSA) is 149 Å². The molecule has 5 rings (SSSR count). The van der Waals surface area contributed by atoms with Gasteiger partial charge in [0.25, 0.3) is 17.5 Å². The first-order chi connectivity index (χ1) is 24.6. The zero-order chi connectivity index (χ0) is 36.3. The fraction of sp³-hybridized carbons (Fsp3) is 0.103. The van der Waals surface area contributed by atoms with Crippen molar-refractivity contribution in [3.63, 3.8) is 0 Å². The number of nitrogens with zero attached hydrogens (tertiary/aromatic N) is 1. The summed E-state index contributed by atoms with van der Waals surface area (Å²) in [5.41, 5.74) is 3.08. The minimum atomic E-state index is -0.663. The molecule has 5 aromatic rings. The van der Waals surface area contributed by atoms with Gasteiger partial charge in [0.05, 0.1) is 19.1 Å². The molecule has 1 atom stereocenters. The van der Waals surface area contributed by atoms with E-state index >= 15 is 0 Å². The van der Waals surface area contributed by atoms with Gasteiger partial charge in [-0.05, 0) is 78.7 Å². The molecule has 0 bridgehead atoms. The van der Waals surface area contributed by atoms with Gasteiger partial charge in [-0.2, -0.15) is 0 Å². The molecule has 0 aliphatic heterocycles. The van der Waals surface area contributed by atoms with Gasteiger partial charge in [0, 0.05) is 45.6 Å². The summed E-state index contributed by atoms with van der Waals surface area (Å²) in [6.45, 7) is 1.70. The standard InChI is InChI=1S/C39H34N4O7S/c1-25-22-30(43(47)48)17-21-33(25)41-39(46)36(26-10-6-4-7-11-26)51-32-19-15-29(16-20-32)40-38(45)34(42-37(44)27-12-8-5-9-13-27)23-28-14-18-31(49-2)24-35(28)50-3/h4-24,36H,1-3H3,(H,40,45)(H,41,46)(H,42,44)/b34-23-. The highest BCUT2D eigenvalue weighted by Gasteiger charge is 2.24. The van der Waals surface area contributed by atoms with E-state index in [9.17, 15) is 24.5 Å². The molecule has 0 aliphatic rings. The number of thioether (sulfide) groups is 1. The van der Waals surface area contributed by atoms with Crippen molar-refractivity contribution >= 4 is 52.6 Å². The van der Waals surface area contributed by atoms with Gasteiger partial charge < -0.3 is 25.4 Å². The third kappa shape index (κ3) is 9.40. The molecule has 0 aliphatic carbocycles. The summed E-state index contributed by atoms with van der Waals surface area (Å²) in [5.74, 6) is -0.341. The van der Waals surface area contributed by atoms with E-state index < -0.39 is 22.0 Å². The SMILES string of the molecule is COc1ccc(/C=C(\NC(=O)c2ccccc2)C(=O)Nc2ccc(SC(C(=O)Nc3ccc([N+](=O)[O-])cc3C)c3ccccc3)cc2)c(OC)c1. The number of amides is 3. The zero-order valence-corrected chi connectivity index (χ0v) is 28.7. The first kappa shape index (κ1) is 35.9. The lowest BCUT2D eigenvalue weighted by Crippen LogP contribution is -2.30. The number of nitrogens with one attached hydrogen (secondary N) is 3. The number of aryl methyl sites for hydroxylation is 1. The molecule has 3 N–H and O–H groups in total. The van der Waals surface area contributed by atoms with Crippen LogP contribution < -0.4 is 25.4 Å². The van der Waals surface area contributed by atoms with Crippen LogP contribution in [0.4, 0.5) is 17.1 Å². The van der Waals surface area contributed by atoms with Gasteiger partial charge in [-0.3, -0.25) is 24.5 Å². The summed E-state index contributed by atoms with van der Waals surface area (Å²) < 4.78 is 10.8. The lowest BCUT2D eigenvalue weighted by Gasteiger charge is -2.18. The van der Waals surface area contributed by atoms with Gasteiger partial charge in [-0.1, -0.05) is 48.5 Å². The molecule has 0 radical (unpaired) electrons. The molecular formula is C39H34N4O7S. The predicted octanol–water partition coefficient (Wildman–Crippen LogP) is 7.80. The molecule has 258 valence electrons. The van der Waals surface area contributed by atoms with Crippen molar-refractivity contribution < 1.29 is 28.8 Å². The average molecular weight is 703 g/mol. The third-order valence-electron chi connectivity index (χ3n) is 7.65. The molecule has 0 spiro atoms. The smallest absolute Gasteiger partial charge is 0.272 e. The van der Waals surface area contributed by atoms with E-state index in [1.807, 2.05) is 30.3 Å². The average Bonchev–Trinajstić information content (AvgIpc) is 3.15. The van der Waals surface area contributed by atoms with Crippen LogP contribution in [-0.4, -0.2) is 36.9 Å². The van der Waals surface area contributed by atoms with Gasteiger partial charge >= 0.3 is 0 Å². The Morgan fingerprint density at radius 3 is 2.12 bits per heavy atom. The van der Waals surface area contributed by atoms with Crippen molar-refractivity contribution in [2.75, 3.05) is 24.9 Å². The number of anilines is 2. The maximum atomic E-state index is 13.6. The molecule has 0 saturated heterocycles. The van der Waals surface area contributed by atoms with Crippen LogP contribution >= 0.6 is 11.8 Å². The molecule has 12 heteroatoms. The van der Waals surface area contributed by atoms with Crippen LogP contribution in [0.3, 0.4) is 0 Å². The number of benzene rings is 5. The van der Waals surface area contributed by atoms with Gasteiger partial charge in [0.2, 0.25) is 5.91 Å². The Morgan fingerprint density at radius 2 is 1.49 bits per heavy atom. The number of non-ortho nitro benzene ring substituents is 1. The Labute approximate surface area is 298 Å². The quantitative estimate of drug-likeness (QED) is 0.0487. The van der Waals surface area contributed by atoms with Gasteiger partial charge in [0.1, 0.15) is 22.4 Å². The molecule has 1 unspecified atom stereocenters. The number of methoxy groups -OCH3 is 2. The van der Waals surface area contributed by atoms with Crippen LogP contribution in [0, 0.1) is 17.0 Å². The summed E-state index contributed by atoms with van der Waals surface area (Å²) in [6.07, 6.45) is 1.52. The van der Waals surface area contributed by atoms with E-state index in [-0.39, 0.29) is 17.3 Å². The molecule has 0 saturated carbocycles. The van der Waals surface area contributed by atoms with Crippen LogP contribution in [-0.2, 0) is 9.59 Å². The lowest BCUT2D eigenvalue weighted by molar-refractivity contribution is -0.384. The van der Waals surface area contributed by atoms with Crippen molar-refractivity contribution in [3.05, 3.63) is 159 Å². The second-order valence-corrected chi connectivity index (χ2v) is 12.3. The molecule has 51 heavy (non-hydrogen) atoms. The van der Waals surface area contributed by atoms with E-state index in [0.29, 0.717) is 39.6 Å². The Balaban J connectivity index is 1.36. The largest absolute Gasteiger partial charge is 0.497 e. The summed E-state index contributed by atoms with van der Waals surface area (Å²) in [6, 6.07) is 34.1. The molecule has 0 fully saturated rings. The zero-order valence-electron chi connectivity index (χ0n) is 27.9. The second kappa shape index (κ2) is 16.8. The summed E-state index contributed by atoms with van der Waals surface area (Å²) in [4.78, 5) is 51.8. The van der Waals surface area contributed by atoms with E-state index in [2.05, 4.69) is 16.0 Å². The monoisotopic (exact) mass is 702 g/mol. The molecule has 3 amide bonds. The number of hydrogen-bond acceptors (Lipinski definition) is 8. The minimum Gasteiger partial charge on any atom is -0.497 e. The van der Waals surface area contributed by atoms with Crippen molar-refractivity contribution in [1.29, 1.82) is 0 Å². The Hall–Kier alpha value is -6.40. The van der Waals surface area contributed by atoms with Gasteiger partial charge in [-0.15, -0.1) is 11.8 Å². The Morgan fingerprint density at radius 1 is 0.804 bits per heavy atom. The highest BCUT2D eigenvalue weighted by molar-refractivity contribution is 8.00. The fourth-order valence-corrected chi connectivity index (χ4v) is 6.01. The van der Waals surface area contributed by atoms with Crippen LogP contribution in [0.25, 0.3) is 6.08 Å². The molecular weight excluding hydrogens is 669 g/mol. The number of carbonyl (C=O) groups is 3. The predicted molar refractivity (Wildman–Crippen MR) is 198 cm³/mol. The Bertz CT molecular complexity index is 2070. The van der Waals surface area contributed by atoms with E-state index in [4.69, 9.17) is 9.47 Å². The van der Waals surface area contributed by atoms with Crippen molar-refractivity contribution in [2.24, 2.45) is 0 Å². The maximum Gasteiger partial charge on any atom is 0.272 e. The number of nitro groups is 1. The van der Waals surface area contributed by atoms with Crippen molar-refractivity contribution in [1.82, 2.24) is 5.32 Å². The first-order valence-electron chi connectivity index (χ1n) is 15.6. The van der Waals surface area contributed by atoms with Crippen LogP contribution in [0.2, 0.25) is 0 Å². The number of carbonyl (C=O) groups excluding carboxylic acids is 3. The minimum absolute atomic E-state index is 0.0203. The third-order valence-corrected chi connectivity index (χ3v) is 8.92. The molecule has 0 heterocycles. The number of ether oxygens (including phenoxy) is 2. The van der Waals surface area contributed by atoms with Crippen LogP contribution in [0.1, 0.15) is 32.3 Å². The normalized spacial score (nSPS) is 11.5. The number of rotatable bonds is 13. The van der Waals surface area contributed by atoms with E-state index in [1.54, 1.807) is 79.7 Å². The fourth-order valence-electron chi connectivity index (χ4n) is 4.99. The second-order valence-electron chi connectivity index (χ2n) is 11.1. The van der Waals surface area contributed by atoms with Crippen molar-refractivity contribution in [3.8, 4) is 11.5 Å². The summed E-state index contributed by atoms with van der Waals surface area (Å²) >= 11 is 1.31. The first-order valence-corrected chi connectivity index (χ1v) is 16.5. The number of hydrogen-bond donors (Lipinski definition) is 3. The molecule has 5 aromatic carbocycles. The highest BCUT2D eigenvalue weighted by Crippen LogP contribution is 2.37. The Kier molecular flexibility index (Phi) is 11.8. The summed E-state index contributed by atoms with van der Waals surface area (Å²) in [7, 11) is 3.03. The number of nitro benzene ring substituents is 1. The maximum absolute atomic E-state index is 13.6.